The molecule has 0 saturated heterocycles. The van der Waals surface area contributed by atoms with Gasteiger partial charge in [-0.1, -0.05) is 0 Å². The van der Waals surface area contributed by atoms with Gasteiger partial charge in [0, 0.05) is 0 Å². The van der Waals surface area contributed by atoms with Crippen molar-refractivity contribution in [1.82, 2.24) is 0 Å². The Hall–Kier alpha value is -2.31. The van der Waals surface area contributed by atoms with Crippen LogP contribution in [0.2, 0.25) is 0 Å². The molecule has 1 atom stereocenters. The standard InChI is InChI=1S/C21H25.C13H10.C7H9.2ClH.Zr/c1-20(2,3)16-9-7-14-11-15-8-10-17(21(4,5)6)13-19(15)18(14)12-16;1-3-7-12(8-4-1)11-13-9-5-2-6-10-13;1-6-3-4-7(2)5-6;;;/h7,9-10,12-13H,11H2,1-6H3;1-10H;3,5,7H,1-2H3;2*1H;/q;;;;;+2/p-2. The van der Waals surface area contributed by atoms with Gasteiger partial charge in [-0.2, -0.15) is 0 Å². The van der Waals surface area contributed by atoms with Gasteiger partial charge in [0.15, 0.2) is 0 Å². The molecule has 4 aromatic rings. The van der Waals surface area contributed by atoms with E-state index in [1.54, 1.807) is 15.3 Å². The first-order chi connectivity index (χ1) is 19.9. The van der Waals surface area contributed by atoms with Gasteiger partial charge < -0.3 is 24.8 Å². The van der Waals surface area contributed by atoms with Gasteiger partial charge in [0.2, 0.25) is 0 Å². The topological polar surface area (TPSA) is 0 Å². The van der Waals surface area contributed by atoms with Gasteiger partial charge in [-0.3, -0.25) is 0 Å². The third kappa shape index (κ3) is 6.63. The first kappa shape index (κ1) is 34.6. The zero-order chi connectivity index (χ0) is 29.8. The molecule has 6 rings (SSSR count). The molecule has 0 bridgehead atoms. The molecule has 0 amide bonds. The molecule has 0 fully saturated rings. The Kier molecular flexibility index (Phi) is 10.4. The second-order valence-electron chi connectivity index (χ2n) is 14.4. The summed E-state index contributed by atoms with van der Waals surface area (Å²) >= 11 is -2.76. The Morgan fingerprint density at radius 2 is 1.23 bits per heavy atom. The fraction of sp³-hybridized carbons (Fsp3) is 0.293. The van der Waals surface area contributed by atoms with Gasteiger partial charge in [0.05, 0.1) is 0 Å². The van der Waals surface area contributed by atoms with E-state index in [0.29, 0.717) is 5.92 Å². The third-order valence-corrected chi connectivity index (χ3v) is 17.0. The van der Waals surface area contributed by atoms with E-state index in [9.17, 15) is 0 Å². The second-order valence-corrected chi connectivity index (χ2v) is 20.2. The molecule has 4 aromatic carbocycles. The van der Waals surface area contributed by atoms with Crippen molar-refractivity contribution in [1.29, 1.82) is 0 Å². The number of allylic oxidation sites excluding steroid dienone is 4. The largest absolute Gasteiger partial charge is 1.00 e. The molecule has 0 radical (unpaired) electrons. The van der Waals surface area contributed by atoms with Crippen LogP contribution in [0.5, 0.6) is 0 Å². The Morgan fingerprint density at radius 1 is 0.682 bits per heavy atom. The van der Waals surface area contributed by atoms with E-state index < -0.39 is 21.3 Å². The zero-order valence-electron chi connectivity index (χ0n) is 27.4. The van der Waals surface area contributed by atoms with Crippen LogP contribution < -0.4 is 28.1 Å². The summed E-state index contributed by atoms with van der Waals surface area (Å²) in [4.78, 5) is 0. The molecule has 0 nitrogen and oxygen atoms in total. The van der Waals surface area contributed by atoms with Crippen molar-refractivity contribution in [3.8, 4) is 11.1 Å². The van der Waals surface area contributed by atoms with Crippen LogP contribution in [0.25, 0.3) is 11.1 Å². The van der Waals surface area contributed by atoms with E-state index in [4.69, 9.17) is 0 Å². The molecule has 0 spiro atoms. The molecule has 0 aliphatic heterocycles. The molecule has 44 heavy (non-hydrogen) atoms. The fourth-order valence-corrected chi connectivity index (χ4v) is 15.3. The van der Waals surface area contributed by atoms with Crippen molar-refractivity contribution >= 4 is 6.48 Å². The SMILES string of the molecule is CC1=CC(C)[C]([Zr+2](=[C](c2ccccc2)c2ccccc2)[c]2cc(C(C)(C)C)cc3c2Cc2ccc(C(C)(C)C)cc2-3)=C1.[Cl-].[Cl-]. The van der Waals surface area contributed by atoms with E-state index in [2.05, 4.69) is 159 Å². The fourth-order valence-electron chi connectivity index (χ4n) is 6.71. The predicted molar refractivity (Wildman–Crippen MR) is 179 cm³/mol. The number of hydrogen-bond acceptors (Lipinski definition) is 0. The summed E-state index contributed by atoms with van der Waals surface area (Å²) in [6.07, 6.45) is 6.08. The molecule has 2 aliphatic carbocycles. The average molecular weight is 699 g/mol. The zero-order valence-corrected chi connectivity index (χ0v) is 31.3. The minimum Gasteiger partial charge on any atom is -1.00 e. The maximum atomic E-state index is 2.65. The Morgan fingerprint density at radius 3 is 1.73 bits per heavy atom. The Labute approximate surface area is 285 Å². The van der Waals surface area contributed by atoms with Crippen molar-refractivity contribution < 1.29 is 46.1 Å². The van der Waals surface area contributed by atoms with Crippen LogP contribution in [-0.4, -0.2) is 3.21 Å². The quantitative estimate of drug-likeness (QED) is 0.268. The van der Waals surface area contributed by atoms with E-state index in [0.717, 1.165) is 6.42 Å². The first-order valence-electron chi connectivity index (χ1n) is 15.5. The van der Waals surface area contributed by atoms with Crippen LogP contribution in [0.4, 0.5) is 0 Å². The van der Waals surface area contributed by atoms with Crippen LogP contribution in [0.1, 0.15) is 88.8 Å². The summed E-state index contributed by atoms with van der Waals surface area (Å²) in [5.41, 5.74) is 13.2. The molecule has 1 unspecified atom stereocenters. The first-order valence-corrected chi connectivity index (χ1v) is 19.2. The van der Waals surface area contributed by atoms with Crippen LogP contribution in [-0.2, 0) is 38.5 Å². The van der Waals surface area contributed by atoms with E-state index in [1.165, 1.54) is 44.5 Å². The molecule has 226 valence electrons. The summed E-state index contributed by atoms with van der Waals surface area (Å²) in [7, 11) is 0. The smallest absolute Gasteiger partial charge is 1.00 e. The second kappa shape index (κ2) is 13.2. The predicted octanol–water partition coefficient (Wildman–Crippen LogP) is 3.85. The number of hydrogen-bond donors (Lipinski definition) is 0. The monoisotopic (exact) mass is 696 g/mol. The molecule has 0 heterocycles. The van der Waals surface area contributed by atoms with E-state index in [1.807, 2.05) is 0 Å². The minimum atomic E-state index is -2.76. The van der Waals surface area contributed by atoms with Gasteiger partial charge in [-0.25, -0.2) is 0 Å². The van der Waals surface area contributed by atoms with Gasteiger partial charge in [-0.15, -0.1) is 0 Å². The normalized spacial score (nSPS) is 15.1. The van der Waals surface area contributed by atoms with Crippen molar-refractivity contribution in [2.24, 2.45) is 5.92 Å². The molecule has 0 aromatic heterocycles. The summed E-state index contributed by atoms with van der Waals surface area (Å²) in [6.45, 7) is 18.8. The summed E-state index contributed by atoms with van der Waals surface area (Å²) in [6, 6.07) is 35.0. The summed E-state index contributed by atoms with van der Waals surface area (Å²) in [5, 5.41) is 0. The van der Waals surface area contributed by atoms with Crippen LogP contribution in [0.15, 0.2) is 112 Å². The summed E-state index contributed by atoms with van der Waals surface area (Å²) in [5.74, 6) is 0.465. The van der Waals surface area contributed by atoms with Gasteiger partial charge in [0.25, 0.3) is 0 Å². The number of benzene rings is 4. The Bertz CT molecular complexity index is 1720. The molecular formula is C41H44Cl2Zr. The van der Waals surface area contributed by atoms with Crippen molar-refractivity contribution in [2.75, 3.05) is 0 Å². The molecule has 0 saturated carbocycles. The number of rotatable bonds is 4. The summed E-state index contributed by atoms with van der Waals surface area (Å²) < 4.78 is 4.95. The van der Waals surface area contributed by atoms with Crippen molar-refractivity contribution in [2.45, 2.75) is 72.6 Å². The van der Waals surface area contributed by atoms with Crippen molar-refractivity contribution in [3.05, 3.63) is 145 Å². The van der Waals surface area contributed by atoms with Crippen LogP contribution >= 0.6 is 0 Å². The number of fused-ring (bicyclic) bond motifs is 3. The van der Waals surface area contributed by atoms with Crippen LogP contribution in [0, 0.1) is 5.92 Å². The van der Waals surface area contributed by atoms with Gasteiger partial charge in [-0.05, 0) is 0 Å². The molecular weight excluding hydrogens is 655 g/mol. The van der Waals surface area contributed by atoms with Crippen molar-refractivity contribution in [3.63, 3.8) is 0 Å². The van der Waals surface area contributed by atoms with E-state index in [-0.39, 0.29) is 35.6 Å². The molecule has 3 heteroatoms. The minimum absolute atomic E-state index is 0. The van der Waals surface area contributed by atoms with Crippen LogP contribution in [0.3, 0.4) is 0 Å². The molecule has 2 aliphatic rings. The Balaban J connectivity index is 0.00000221. The maximum absolute atomic E-state index is 2.76. The van der Waals surface area contributed by atoms with E-state index >= 15 is 0 Å². The van der Waals surface area contributed by atoms with Gasteiger partial charge >= 0.3 is 263 Å². The molecule has 0 N–H and O–H groups in total. The number of halogens is 2. The van der Waals surface area contributed by atoms with Gasteiger partial charge in [0.1, 0.15) is 0 Å². The third-order valence-electron chi connectivity index (χ3n) is 9.07. The average Bonchev–Trinajstić information content (AvgIpc) is 3.49. The maximum Gasteiger partial charge on any atom is -1.00 e.